The van der Waals surface area contributed by atoms with Crippen molar-refractivity contribution < 1.29 is 0 Å². The van der Waals surface area contributed by atoms with Crippen LogP contribution in [0.1, 0.15) is 25.3 Å². The Morgan fingerprint density at radius 2 is 2.16 bits per heavy atom. The number of terminal acetylenes is 1. The van der Waals surface area contributed by atoms with Crippen molar-refractivity contribution in [1.82, 2.24) is 4.98 Å². The molecule has 0 saturated heterocycles. The predicted octanol–water partition coefficient (Wildman–Crippen LogP) is 3.81. The zero-order valence-electron chi connectivity index (χ0n) is 11.1. The van der Waals surface area contributed by atoms with Crippen molar-refractivity contribution in [3.63, 3.8) is 0 Å². The van der Waals surface area contributed by atoms with Crippen LogP contribution >= 0.6 is 0 Å². The molecule has 1 nitrogen and oxygen atoms in total. The first-order valence-electron chi connectivity index (χ1n) is 6.76. The van der Waals surface area contributed by atoms with Crippen LogP contribution in [0.15, 0.2) is 60.0 Å². The fourth-order valence-electron chi connectivity index (χ4n) is 3.34. The molecule has 0 spiro atoms. The van der Waals surface area contributed by atoms with Gasteiger partial charge in [-0.2, -0.15) is 0 Å². The van der Waals surface area contributed by atoms with Crippen molar-refractivity contribution in [2.24, 2.45) is 5.92 Å². The van der Waals surface area contributed by atoms with Crippen LogP contribution < -0.4 is 0 Å². The van der Waals surface area contributed by atoms with E-state index in [9.17, 15) is 0 Å². The molecule has 0 bridgehead atoms. The second-order valence-corrected chi connectivity index (χ2v) is 5.27. The average Bonchev–Trinajstić information content (AvgIpc) is 2.61. The molecule has 2 unspecified atom stereocenters. The molecule has 0 N–H and O–H groups in total. The van der Waals surface area contributed by atoms with Gasteiger partial charge in [-0.1, -0.05) is 30.6 Å². The minimum atomic E-state index is 0.225. The number of fused-ring (bicyclic) bond motifs is 1. The monoisotopic (exact) mass is 247 g/mol. The van der Waals surface area contributed by atoms with Gasteiger partial charge in [0.05, 0.1) is 0 Å². The Bertz CT molecular complexity index is 613. The number of hydrogen-bond donors (Lipinski definition) is 0. The first-order chi connectivity index (χ1) is 9.30. The summed E-state index contributed by atoms with van der Waals surface area (Å²) in [5.74, 6) is 3.19. The van der Waals surface area contributed by atoms with E-state index in [1.165, 1.54) is 11.1 Å². The standard InChI is InChI=1S/C18H17N/c1-3-14-5-7-15-13-18(4-2,17(15)8-6-14)16-9-11-19-12-10-16/h1,5-12,17H,4,13H2,2H3. The second-order valence-electron chi connectivity index (χ2n) is 5.27. The molecule has 1 aromatic rings. The van der Waals surface area contributed by atoms with E-state index < -0.39 is 0 Å². The Hall–Kier alpha value is -2.07. The molecule has 1 fully saturated rings. The largest absolute Gasteiger partial charge is 0.265 e. The quantitative estimate of drug-likeness (QED) is 0.724. The molecule has 0 amide bonds. The maximum atomic E-state index is 5.49. The lowest BCUT2D eigenvalue weighted by molar-refractivity contribution is 0.244. The fourth-order valence-corrected chi connectivity index (χ4v) is 3.34. The van der Waals surface area contributed by atoms with Crippen LogP contribution in [0.5, 0.6) is 0 Å². The molecule has 1 heteroatoms. The van der Waals surface area contributed by atoms with Gasteiger partial charge < -0.3 is 0 Å². The summed E-state index contributed by atoms with van der Waals surface area (Å²) in [6.07, 6.45) is 20.1. The zero-order valence-corrected chi connectivity index (χ0v) is 11.1. The van der Waals surface area contributed by atoms with Gasteiger partial charge in [0, 0.05) is 29.3 Å². The van der Waals surface area contributed by atoms with E-state index in [1.807, 2.05) is 12.4 Å². The van der Waals surface area contributed by atoms with Crippen LogP contribution in [0.4, 0.5) is 0 Å². The van der Waals surface area contributed by atoms with Crippen molar-refractivity contribution in [2.75, 3.05) is 0 Å². The molecule has 94 valence electrons. The van der Waals surface area contributed by atoms with E-state index in [2.05, 4.69) is 54.3 Å². The van der Waals surface area contributed by atoms with Gasteiger partial charge in [-0.15, -0.1) is 6.42 Å². The molecule has 0 radical (unpaired) electrons. The first-order valence-corrected chi connectivity index (χ1v) is 6.76. The van der Waals surface area contributed by atoms with Crippen LogP contribution in [0, 0.1) is 18.3 Å². The molecule has 2 aliphatic carbocycles. The third kappa shape index (κ3) is 1.76. The van der Waals surface area contributed by atoms with Crippen LogP contribution in [0.2, 0.25) is 0 Å². The topological polar surface area (TPSA) is 12.9 Å². The summed E-state index contributed by atoms with van der Waals surface area (Å²) in [6, 6.07) is 4.29. The summed E-state index contributed by atoms with van der Waals surface area (Å²) in [6.45, 7) is 2.27. The minimum Gasteiger partial charge on any atom is -0.265 e. The van der Waals surface area contributed by atoms with Gasteiger partial charge in [0.1, 0.15) is 0 Å². The van der Waals surface area contributed by atoms with Crippen molar-refractivity contribution in [3.05, 3.63) is 65.5 Å². The number of pyridine rings is 1. The minimum absolute atomic E-state index is 0.225. The highest BCUT2D eigenvalue weighted by atomic mass is 14.6. The molecular formula is C18H17N. The Morgan fingerprint density at radius 3 is 2.84 bits per heavy atom. The Morgan fingerprint density at radius 1 is 1.37 bits per heavy atom. The number of hydrogen-bond acceptors (Lipinski definition) is 1. The lowest BCUT2D eigenvalue weighted by atomic mass is 9.53. The van der Waals surface area contributed by atoms with E-state index >= 15 is 0 Å². The van der Waals surface area contributed by atoms with Crippen molar-refractivity contribution >= 4 is 0 Å². The number of rotatable bonds is 2. The summed E-state index contributed by atoms with van der Waals surface area (Å²) in [5.41, 5.74) is 4.06. The van der Waals surface area contributed by atoms with E-state index in [4.69, 9.17) is 6.42 Å². The molecule has 1 heterocycles. The average molecular weight is 247 g/mol. The molecule has 0 aliphatic heterocycles. The molecule has 2 aliphatic rings. The molecule has 2 atom stereocenters. The number of aromatic nitrogens is 1. The second kappa shape index (κ2) is 4.55. The van der Waals surface area contributed by atoms with E-state index in [0.29, 0.717) is 5.92 Å². The first kappa shape index (κ1) is 12.0. The van der Waals surface area contributed by atoms with Crippen LogP contribution in [-0.2, 0) is 5.41 Å². The van der Waals surface area contributed by atoms with E-state index in [1.54, 1.807) is 0 Å². The van der Waals surface area contributed by atoms with Gasteiger partial charge in [-0.3, -0.25) is 4.98 Å². The van der Waals surface area contributed by atoms with Gasteiger partial charge in [0.2, 0.25) is 0 Å². The highest BCUT2D eigenvalue weighted by molar-refractivity contribution is 5.50. The zero-order chi connectivity index (χ0) is 13.3. The number of nitrogens with zero attached hydrogens (tertiary/aromatic N) is 1. The fraction of sp³-hybridized carbons (Fsp3) is 0.278. The Kier molecular flexibility index (Phi) is 2.87. The Balaban J connectivity index is 2.00. The van der Waals surface area contributed by atoms with Crippen molar-refractivity contribution in [3.8, 4) is 12.3 Å². The number of allylic oxidation sites excluding steroid dienone is 6. The van der Waals surface area contributed by atoms with E-state index in [-0.39, 0.29) is 5.41 Å². The van der Waals surface area contributed by atoms with Crippen LogP contribution in [0.3, 0.4) is 0 Å². The van der Waals surface area contributed by atoms with Gasteiger partial charge in [-0.05, 0) is 42.7 Å². The molecule has 1 aromatic heterocycles. The summed E-state index contributed by atoms with van der Waals surface area (Å²) < 4.78 is 0. The molecule has 19 heavy (non-hydrogen) atoms. The highest BCUT2D eigenvalue weighted by Crippen LogP contribution is 2.55. The van der Waals surface area contributed by atoms with Crippen LogP contribution in [-0.4, -0.2) is 4.98 Å². The SMILES string of the molecule is C#CC1=CC=C2CC(CC)(c3ccncc3)C2C=C1. The summed E-state index contributed by atoms with van der Waals surface area (Å²) in [5, 5.41) is 0. The Labute approximate surface area is 114 Å². The maximum Gasteiger partial charge on any atom is 0.0270 e. The predicted molar refractivity (Wildman–Crippen MR) is 78.5 cm³/mol. The van der Waals surface area contributed by atoms with Gasteiger partial charge in [-0.25, -0.2) is 0 Å². The molecule has 0 aromatic carbocycles. The smallest absolute Gasteiger partial charge is 0.0270 e. The lowest BCUT2D eigenvalue weighted by Gasteiger charge is -2.51. The van der Waals surface area contributed by atoms with Gasteiger partial charge in [0.25, 0.3) is 0 Å². The normalized spacial score (nSPS) is 28.3. The molecular weight excluding hydrogens is 230 g/mol. The summed E-state index contributed by atoms with van der Waals surface area (Å²) in [4.78, 5) is 4.13. The molecule has 3 rings (SSSR count). The maximum absolute atomic E-state index is 5.49. The third-order valence-electron chi connectivity index (χ3n) is 4.51. The van der Waals surface area contributed by atoms with Crippen molar-refractivity contribution in [2.45, 2.75) is 25.2 Å². The molecule has 1 saturated carbocycles. The van der Waals surface area contributed by atoms with Gasteiger partial charge in [0.15, 0.2) is 0 Å². The van der Waals surface area contributed by atoms with Gasteiger partial charge >= 0.3 is 0 Å². The summed E-state index contributed by atoms with van der Waals surface area (Å²) in [7, 11) is 0. The van der Waals surface area contributed by atoms with Crippen LogP contribution in [0.25, 0.3) is 0 Å². The third-order valence-corrected chi connectivity index (χ3v) is 4.51. The van der Waals surface area contributed by atoms with Crippen molar-refractivity contribution in [1.29, 1.82) is 0 Å². The summed E-state index contributed by atoms with van der Waals surface area (Å²) >= 11 is 0. The van der Waals surface area contributed by atoms with E-state index in [0.717, 1.165) is 18.4 Å². The highest BCUT2D eigenvalue weighted by Gasteiger charge is 2.48. The lowest BCUT2D eigenvalue weighted by Crippen LogP contribution is -2.44.